The number of nitrogens with zero attached hydrogens (tertiary/aromatic N) is 6. The Labute approximate surface area is 721 Å². The first-order valence-electron chi connectivity index (χ1n) is 36.3. The van der Waals surface area contributed by atoms with Crippen LogP contribution in [0.1, 0.15) is 5.56 Å². The summed E-state index contributed by atoms with van der Waals surface area (Å²) < 4.78 is 5.96. The number of hydrogen-bond donors (Lipinski definition) is 1. The van der Waals surface area contributed by atoms with E-state index in [1.54, 1.807) is 20.3 Å². The zero-order valence-electron chi connectivity index (χ0n) is 60.8. The number of rotatable bonds is 12. The van der Waals surface area contributed by atoms with E-state index in [2.05, 4.69) is 406 Å². The van der Waals surface area contributed by atoms with E-state index in [4.69, 9.17) is 9.97 Å². The zero-order chi connectivity index (χ0) is 73.6. The molecule has 0 spiro atoms. The Morgan fingerprint density at radius 2 is 0.604 bits per heavy atom. The number of aryl methyl sites for hydroxylation is 1. The average Bonchev–Trinajstić information content (AvgIpc) is 1.57. The molecule has 0 atom stereocenters. The minimum Gasteiger partial charge on any atom is -0.870 e. The van der Waals surface area contributed by atoms with Crippen molar-refractivity contribution in [2.24, 2.45) is 0 Å². The molecule has 0 aliphatic carbocycles. The maximum Gasteiger partial charge on any atom is 1.00 e. The Bertz CT molecular complexity index is 6500. The van der Waals surface area contributed by atoms with Crippen LogP contribution in [0.15, 0.2) is 400 Å². The molecule has 0 saturated carbocycles. The molecule has 111 heavy (non-hydrogen) atoms. The number of halogens is 2. The van der Waals surface area contributed by atoms with Crippen LogP contribution in [0, 0.1) is 10.5 Å². The zero-order valence-corrected chi connectivity index (χ0v) is 69.2. The molecule has 0 unspecified atom stereocenters. The Balaban J connectivity index is 0.000000158. The Kier molecular flexibility index (Phi) is 23.8. The third-order valence-electron chi connectivity index (χ3n) is 20.0. The van der Waals surface area contributed by atoms with Crippen LogP contribution in [-0.4, -0.2) is 24.6 Å². The fourth-order valence-corrected chi connectivity index (χ4v) is 15.7. The van der Waals surface area contributed by atoms with Gasteiger partial charge in [0.15, 0.2) is 0 Å². The van der Waals surface area contributed by atoms with Crippen molar-refractivity contribution in [3.05, 3.63) is 410 Å². The first kappa shape index (κ1) is 75.8. The van der Waals surface area contributed by atoms with Gasteiger partial charge in [0.1, 0.15) is 11.6 Å². The number of imidazole rings is 2. The second kappa shape index (κ2) is 34.8. The molecular weight excluding hydrogens is 1660 g/mol. The molecule has 18 aromatic carbocycles. The second-order valence-corrected chi connectivity index (χ2v) is 28.0. The third-order valence-corrected chi connectivity index (χ3v) is 20.7. The van der Waals surface area contributed by atoms with Crippen LogP contribution in [0.5, 0.6) is 0 Å². The molecule has 2 heterocycles. The van der Waals surface area contributed by atoms with Gasteiger partial charge in [-0.15, -0.1) is 0 Å². The summed E-state index contributed by atoms with van der Waals surface area (Å²) in [6.07, 6.45) is 0. The Morgan fingerprint density at radius 3 is 1.02 bits per heavy atom. The fourth-order valence-electron chi connectivity index (χ4n) is 15.2. The first-order chi connectivity index (χ1) is 53.9. The molecule has 0 bridgehead atoms. The minimum absolute atomic E-state index is 0. The smallest absolute Gasteiger partial charge is 0.870 e. The molecule has 0 aliphatic rings. The van der Waals surface area contributed by atoms with Gasteiger partial charge in [0.25, 0.3) is 0 Å². The Hall–Kier alpha value is -10.6. The van der Waals surface area contributed by atoms with E-state index in [-0.39, 0.29) is 56.9 Å². The van der Waals surface area contributed by atoms with Crippen molar-refractivity contribution in [3.8, 4) is 34.2 Å². The second-order valence-electron chi connectivity index (χ2n) is 26.7. The maximum absolute atomic E-state index is 5.76. The number of aromatic nitrogens is 4. The number of fused-ring (bicyclic) bond motifs is 14. The van der Waals surface area contributed by atoms with Crippen molar-refractivity contribution in [2.75, 3.05) is 15.1 Å². The van der Waals surface area contributed by atoms with Crippen molar-refractivity contribution < 1.29 is 69.6 Å². The molecule has 2 N–H and O–H groups in total. The van der Waals surface area contributed by atoms with Crippen LogP contribution < -0.4 is 66.5 Å². The van der Waals surface area contributed by atoms with Crippen molar-refractivity contribution in [3.63, 3.8) is 0 Å². The average molecular weight is 1730 g/mol. The number of nitrogens with one attached hydrogen (secondary N) is 1. The van der Waals surface area contributed by atoms with Gasteiger partial charge in [-0.05, 0) is 212 Å². The molecule has 0 fully saturated rings. The summed E-state index contributed by atoms with van der Waals surface area (Å²) in [6, 6.07) is 142. The maximum atomic E-state index is 5.76. The summed E-state index contributed by atoms with van der Waals surface area (Å²) in [5, 5.41) is 17.5. The quantitative estimate of drug-likeness (QED) is 0.0745. The van der Waals surface area contributed by atoms with E-state index < -0.39 is 0 Å². The van der Waals surface area contributed by atoms with Crippen LogP contribution in [0.4, 0.5) is 45.5 Å². The largest absolute Gasteiger partial charge is 1.00 e. The predicted octanol–water partition coefficient (Wildman–Crippen LogP) is 25.3. The van der Waals surface area contributed by atoms with E-state index in [1.807, 2.05) is 60.7 Å². The fraction of sp³-hybridized carbons (Fsp3) is 0.0101. The molecule has 2 aromatic heterocycles. The normalized spacial score (nSPS) is 10.9. The number of hydrogen-bond acceptors (Lipinski definition) is 6. The molecule has 20 aromatic rings. The number of anilines is 8. The molecule has 0 radical (unpaired) electrons. The number of para-hydroxylation sites is 8. The summed E-state index contributed by atoms with van der Waals surface area (Å²) in [5.41, 5.74) is 18.6. The Morgan fingerprint density at radius 1 is 0.288 bits per heavy atom. The molecule has 0 saturated heterocycles. The van der Waals surface area contributed by atoms with E-state index >= 15 is 0 Å². The van der Waals surface area contributed by atoms with E-state index in [0.717, 1.165) is 129 Å². The van der Waals surface area contributed by atoms with Gasteiger partial charge in [-0.25, -0.2) is 9.97 Å². The van der Waals surface area contributed by atoms with Crippen molar-refractivity contribution in [1.82, 2.24) is 19.1 Å². The number of benzene rings is 18. The molecular formula is C99H71CuI2KN7O. The van der Waals surface area contributed by atoms with Gasteiger partial charge >= 0.3 is 84.5 Å². The molecule has 8 nitrogen and oxygen atoms in total. The van der Waals surface area contributed by atoms with Gasteiger partial charge in [0.05, 0.1) is 22.1 Å². The van der Waals surface area contributed by atoms with Gasteiger partial charge in [0.2, 0.25) is 0 Å². The topological polar surface area (TPSA) is 84.2 Å². The van der Waals surface area contributed by atoms with E-state index in [9.17, 15) is 0 Å². The van der Waals surface area contributed by atoms with E-state index in [0.29, 0.717) is 0 Å². The standard InChI is InChI=1S/C55H38N4.C32H21IN2.C12H11N.Cu.HI.K.H2O/c1-6-21-40(22-7-1)57(41-23-8-2-9-24-41)45-33-35-48-49-36-34-46(58(42-25-10-3-11-26-42)43-27-12-4-13-28-43)38-52(49)54-53(51(48)37-45)56-55(59(54)44-29-14-5-15-30-44)50-32-18-20-39-19-16-17-31-47(39)50;1-20-14-16-25-26-17-15-22(33)19-29(26)31-30(28(25)18-20)34-32(35(31)23-10-3-2-4-11-23)27-13-7-9-21-8-5-6-12-24(21)27;1-3-7-11(8-4-1)13-12-9-5-2-6-10-12;;;;/h1-38H;2-19H,1H3;1-10,13H;;1H;;1H2/q;;;+1;;+1;/p-2. The van der Waals surface area contributed by atoms with Gasteiger partial charge in [-0.1, -0.05) is 266 Å². The summed E-state index contributed by atoms with van der Waals surface area (Å²) in [5.74, 6) is 1.87. The molecule has 0 aliphatic heterocycles. The van der Waals surface area contributed by atoms with Gasteiger partial charge in [-0.3, -0.25) is 9.13 Å². The van der Waals surface area contributed by atoms with Gasteiger partial charge in [-0.2, -0.15) is 0 Å². The van der Waals surface area contributed by atoms with Gasteiger partial charge in [0, 0.05) is 93.1 Å². The van der Waals surface area contributed by atoms with Crippen LogP contribution in [-0.2, 0) is 12.8 Å². The SMILES string of the molecule is Cc1ccc2c3ccc(I)cc3c3c(nc(-c4cccc5ccccc45)n3-c3ccccc3)c2c1.[Cu][I].[K+].[OH-].c1ccc(N(c2ccccc2)c2ccc3c4ccc(N(c5ccccc5)c5ccccc5)cc4c4c(nc(-c5cccc6ccccc56)n4-c4ccccc4)c3c2)cc1.c1ccc(Nc2ccccc2)cc1. The molecule has 12 heteroatoms. The van der Waals surface area contributed by atoms with Crippen LogP contribution >= 0.6 is 42.9 Å². The van der Waals surface area contributed by atoms with Crippen LogP contribution in [0.25, 0.3) is 121 Å². The minimum atomic E-state index is 0. The van der Waals surface area contributed by atoms with Crippen LogP contribution in [0.3, 0.4) is 0 Å². The van der Waals surface area contributed by atoms with Crippen LogP contribution in [0.2, 0.25) is 0 Å². The summed E-state index contributed by atoms with van der Waals surface area (Å²) >= 11 is 8.29. The van der Waals surface area contributed by atoms with Crippen molar-refractivity contribution >= 4 is 175 Å². The molecule has 534 valence electrons. The van der Waals surface area contributed by atoms with Gasteiger partial charge < -0.3 is 20.6 Å². The van der Waals surface area contributed by atoms with Crippen molar-refractivity contribution in [2.45, 2.75) is 6.92 Å². The molecule has 20 rings (SSSR count). The summed E-state index contributed by atoms with van der Waals surface area (Å²) in [4.78, 5) is 15.8. The van der Waals surface area contributed by atoms with E-state index in [1.165, 1.54) is 46.8 Å². The van der Waals surface area contributed by atoms with Crippen molar-refractivity contribution in [1.29, 1.82) is 0 Å². The third kappa shape index (κ3) is 15.4. The molecule has 0 amide bonds. The monoisotopic (exact) mass is 1730 g/mol. The first-order valence-corrected chi connectivity index (χ1v) is 40.4. The predicted molar refractivity (Wildman–Crippen MR) is 477 cm³/mol. The summed E-state index contributed by atoms with van der Waals surface area (Å²) in [6.45, 7) is 2.16. The summed E-state index contributed by atoms with van der Waals surface area (Å²) in [7, 11) is 0.